The molecule has 4 aromatic rings. The van der Waals surface area contributed by atoms with E-state index in [-0.39, 0.29) is 66.9 Å². The third-order valence-electron chi connectivity index (χ3n) is 14.5. The number of nitriles is 1. The number of carbonyl (C=O) groups excluding carboxylic acids is 4. The Morgan fingerprint density at radius 3 is 2.26 bits per heavy atom. The van der Waals surface area contributed by atoms with Crippen LogP contribution in [0.25, 0.3) is 10.4 Å². The maximum Gasteiger partial charge on any atom is 0.251 e. The number of carbonyl (C=O) groups is 4. The standard InChI is InChI=1S/C54H66ClF2N7O7S/c1-30-45(72-29-61-30)33-11-9-31(10-12-33)26-60-48(68)42-23-37(65)27-64(42)49(69)46(52(2,3)4)62-43(66)28-70-20-19-59-36-16-13-32(14-17-36)44-40(56)21-35(22-41(44)57)47(67)63-50-53(5,6)51(54(50,7)8)71-38-18-15-34(25-58)39(55)24-38/h9-12,15,18,21-22,24,29,32,36-37,42,46,50-51,59,65H,13-14,16-17,19-20,23,26-28H2,1-8H3,(H,60,68)(H,62,66)(H,63,67)/t32?,36?,37-,42+,46-,50-,51-/m1/s1. The van der Waals surface area contributed by atoms with Crippen LogP contribution in [0.3, 0.4) is 0 Å². The number of aromatic nitrogens is 1. The van der Waals surface area contributed by atoms with Gasteiger partial charge in [-0.15, -0.1) is 11.3 Å². The second-order valence-electron chi connectivity index (χ2n) is 21.7. The van der Waals surface area contributed by atoms with E-state index in [9.17, 15) is 29.5 Å². The van der Waals surface area contributed by atoms with Crippen LogP contribution in [0.2, 0.25) is 5.02 Å². The topological polar surface area (TPSA) is 195 Å². The molecule has 1 saturated heterocycles. The molecular weight excluding hydrogens is 964 g/mol. The highest BCUT2D eigenvalue weighted by atomic mass is 35.5. The first-order chi connectivity index (χ1) is 34.0. The number of rotatable bonds is 17. The molecule has 386 valence electrons. The molecule has 3 aliphatic rings. The summed E-state index contributed by atoms with van der Waals surface area (Å²) in [5.41, 5.74) is 3.00. The summed E-state index contributed by atoms with van der Waals surface area (Å²) in [5.74, 6) is -3.35. The van der Waals surface area contributed by atoms with Crippen LogP contribution in [0.15, 0.2) is 60.1 Å². The Morgan fingerprint density at radius 2 is 1.67 bits per heavy atom. The fourth-order valence-electron chi connectivity index (χ4n) is 11.0. The minimum Gasteiger partial charge on any atom is -0.489 e. The summed E-state index contributed by atoms with van der Waals surface area (Å²) in [5, 5.41) is 32.2. The average Bonchev–Trinajstić information content (AvgIpc) is 3.95. The van der Waals surface area contributed by atoms with E-state index in [1.165, 1.54) is 4.90 Å². The number of hydrogen-bond donors (Lipinski definition) is 5. The van der Waals surface area contributed by atoms with Crippen molar-refractivity contribution in [1.29, 1.82) is 5.26 Å². The third kappa shape index (κ3) is 12.1. The summed E-state index contributed by atoms with van der Waals surface area (Å²) < 4.78 is 43.4. The summed E-state index contributed by atoms with van der Waals surface area (Å²) in [6.07, 6.45) is 1.18. The maximum atomic E-state index is 15.7. The Bertz CT molecular complexity index is 2640. The first-order valence-electron chi connectivity index (χ1n) is 24.5. The molecule has 1 aliphatic heterocycles. The average molecular weight is 1030 g/mol. The van der Waals surface area contributed by atoms with Crippen molar-refractivity contribution in [3.05, 3.63) is 105 Å². The number of amides is 4. The number of nitrogens with zero attached hydrogens (tertiary/aromatic N) is 3. The van der Waals surface area contributed by atoms with Crippen molar-refractivity contribution in [2.45, 2.75) is 136 Å². The van der Waals surface area contributed by atoms with Gasteiger partial charge in [-0.1, -0.05) is 84.3 Å². The zero-order valence-corrected chi connectivity index (χ0v) is 43.7. The number of ether oxygens (including phenoxy) is 2. The van der Waals surface area contributed by atoms with Gasteiger partial charge in [0, 0.05) is 66.2 Å². The van der Waals surface area contributed by atoms with Gasteiger partial charge in [0.15, 0.2) is 0 Å². The van der Waals surface area contributed by atoms with Crippen LogP contribution < -0.4 is 26.0 Å². The monoisotopic (exact) mass is 1030 g/mol. The number of aliphatic hydroxyl groups is 1. The predicted octanol–water partition coefficient (Wildman–Crippen LogP) is 7.98. The molecule has 0 bridgehead atoms. The highest BCUT2D eigenvalue weighted by Gasteiger charge is 2.64. The Kier molecular flexibility index (Phi) is 16.8. The maximum absolute atomic E-state index is 15.7. The second-order valence-corrected chi connectivity index (χ2v) is 22.9. The van der Waals surface area contributed by atoms with Gasteiger partial charge >= 0.3 is 0 Å². The molecule has 0 spiro atoms. The van der Waals surface area contributed by atoms with Crippen molar-refractivity contribution < 1.29 is 42.5 Å². The van der Waals surface area contributed by atoms with Crippen LogP contribution in [0.4, 0.5) is 8.78 Å². The summed E-state index contributed by atoms with van der Waals surface area (Å²) in [6.45, 7) is 15.7. The van der Waals surface area contributed by atoms with E-state index in [1.54, 1.807) is 35.0 Å². The number of likely N-dealkylation sites (tertiary alicyclic amines) is 1. The lowest BCUT2D eigenvalue weighted by Crippen LogP contribution is -2.74. The van der Waals surface area contributed by atoms with Gasteiger partial charge in [-0.25, -0.2) is 13.8 Å². The van der Waals surface area contributed by atoms with Gasteiger partial charge in [0.25, 0.3) is 5.91 Å². The van der Waals surface area contributed by atoms with Crippen LogP contribution in [-0.2, 0) is 25.7 Å². The van der Waals surface area contributed by atoms with Crippen LogP contribution in [0, 0.1) is 46.1 Å². The van der Waals surface area contributed by atoms with Gasteiger partial charge in [0.05, 0.1) is 39.4 Å². The van der Waals surface area contributed by atoms with E-state index in [2.05, 4.69) is 26.3 Å². The first kappa shape index (κ1) is 54.3. The lowest BCUT2D eigenvalue weighted by molar-refractivity contribution is -0.164. The largest absolute Gasteiger partial charge is 0.489 e. The molecule has 0 unspecified atom stereocenters. The zero-order valence-electron chi connectivity index (χ0n) is 42.2. The second kappa shape index (κ2) is 22.3. The number of hydrogen-bond acceptors (Lipinski definition) is 11. The van der Waals surface area contributed by atoms with Crippen molar-refractivity contribution in [3.8, 4) is 22.3 Å². The molecule has 72 heavy (non-hydrogen) atoms. The third-order valence-corrected chi connectivity index (χ3v) is 15.8. The van der Waals surface area contributed by atoms with Gasteiger partial charge < -0.3 is 40.7 Å². The van der Waals surface area contributed by atoms with Gasteiger partial charge in [0.2, 0.25) is 17.7 Å². The molecule has 3 fully saturated rings. The van der Waals surface area contributed by atoms with E-state index >= 15 is 8.78 Å². The van der Waals surface area contributed by atoms with Gasteiger partial charge in [-0.2, -0.15) is 5.26 Å². The van der Waals surface area contributed by atoms with Crippen molar-refractivity contribution in [1.82, 2.24) is 31.2 Å². The number of nitrogens with one attached hydrogen (secondary N) is 4. The normalized spacial score (nSPS) is 22.8. The number of β-amino-alcohol motifs (C(OH)–C–C–N with tert-alkyl or cyclic N) is 1. The van der Waals surface area contributed by atoms with Crippen LogP contribution in [0.5, 0.6) is 5.75 Å². The first-order valence-corrected chi connectivity index (χ1v) is 25.8. The summed E-state index contributed by atoms with van der Waals surface area (Å²) in [7, 11) is 0. The summed E-state index contributed by atoms with van der Waals surface area (Å²) in [4.78, 5) is 60.9. The molecule has 2 saturated carbocycles. The fourth-order valence-corrected chi connectivity index (χ4v) is 12.0. The Hall–Kier alpha value is -5.51. The molecule has 2 aliphatic carbocycles. The Morgan fingerprint density at radius 1 is 1.00 bits per heavy atom. The highest BCUT2D eigenvalue weighted by Crippen LogP contribution is 2.55. The molecule has 0 radical (unpaired) electrons. The smallest absolute Gasteiger partial charge is 0.251 e. The molecular formula is C54H66ClF2N7O7S. The number of aliphatic hydroxyl groups excluding tert-OH is 1. The van der Waals surface area contributed by atoms with Crippen molar-refractivity contribution in [3.63, 3.8) is 0 Å². The van der Waals surface area contributed by atoms with Gasteiger partial charge in [-0.3, -0.25) is 19.2 Å². The quantitative estimate of drug-likeness (QED) is 0.0648. The molecule has 14 nitrogen and oxygen atoms in total. The summed E-state index contributed by atoms with van der Waals surface area (Å²) >= 11 is 7.79. The van der Waals surface area contributed by atoms with E-state index < -0.39 is 75.7 Å². The van der Waals surface area contributed by atoms with Crippen LogP contribution in [0.1, 0.15) is 119 Å². The number of aryl methyl sites for hydroxylation is 1. The van der Waals surface area contributed by atoms with Crippen LogP contribution >= 0.6 is 22.9 Å². The van der Waals surface area contributed by atoms with E-state index in [0.29, 0.717) is 43.5 Å². The van der Waals surface area contributed by atoms with E-state index in [4.69, 9.17) is 21.1 Å². The highest BCUT2D eigenvalue weighted by molar-refractivity contribution is 7.13. The molecule has 18 heteroatoms. The van der Waals surface area contributed by atoms with Gasteiger partial charge in [-0.05, 0) is 79.3 Å². The van der Waals surface area contributed by atoms with Gasteiger partial charge in [0.1, 0.15) is 48.2 Å². The number of halogens is 3. The van der Waals surface area contributed by atoms with Crippen molar-refractivity contribution in [2.24, 2.45) is 16.2 Å². The van der Waals surface area contributed by atoms with Crippen molar-refractivity contribution >= 4 is 46.6 Å². The van der Waals surface area contributed by atoms with Crippen LogP contribution in [-0.4, -0.2) is 101 Å². The minimum atomic E-state index is -1.00. The Labute approximate surface area is 429 Å². The van der Waals surface area contributed by atoms with E-state index in [0.717, 1.165) is 33.8 Å². The zero-order chi connectivity index (χ0) is 52.3. The lowest BCUT2D eigenvalue weighted by Gasteiger charge is -2.63. The molecule has 4 amide bonds. The molecule has 1 aromatic heterocycles. The molecule has 3 atom stereocenters. The SMILES string of the molecule is Cc1ncsc1-c1ccc(CNC(=O)[C@@H]2C[C@@H](O)CN2C(=O)[C@@H](NC(=O)COCCNC2CCC(c3c(F)cc(C(=O)N[C@H]4C(C)(C)[C@H](Oc5ccc(C#N)c(Cl)c5)C4(C)C)cc3F)CC2)C(C)(C)C)cc1. The summed E-state index contributed by atoms with van der Waals surface area (Å²) in [6, 6.07) is 14.7. The molecule has 2 heterocycles. The van der Waals surface area contributed by atoms with E-state index in [1.807, 2.05) is 85.7 Å². The van der Waals surface area contributed by atoms with Crippen molar-refractivity contribution in [2.75, 3.05) is 26.3 Å². The Balaban J connectivity index is 0.832. The minimum absolute atomic E-state index is 0.0230. The molecule has 5 N–H and O–H groups in total. The molecule has 3 aromatic carbocycles. The lowest BCUT2D eigenvalue weighted by atomic mass is 9.49. The number of thiazole rings is 1. The fraction of sp³-hybridized carbons (Fsp3) is 0.519. The predicted molar refractivity (Wildman–Crippen MR) is 271 cm³/mol. The molecule has 7 rings (SSSR count). The number of benzene rings is 3.